The van der Waals surface area contributed by atoms with Gasteiger partial charge in [0.2, 0.25) is 0 Å². The summed E-state index contributed by atoms with van der Waals surface area (Å²) in [6, 6.07) is 4.96. The largest absolute Gasteiger partial charge is 0.469 e. The molecule has 0 saturated heterocycles. The summed E-state index contributed by atoms with van der Waals surface area (Å²) in [7, 11) is -0.831. The van der Waals surface area contributed by atoms with Crippen LogP contribution >= 0.6 is 0 Å². The molecule has 10 heteroatoms. The Balaban J connectivity index is 2.36. The van der Waals surface area contributed by atoms with Gasteiger partial charge in [-0.05, 0) is 25.5 Å². The summed E-state index contributed by atoms with van der Waals surface area (Å²) in [5, 5.41) is 1.24. The molecule has 1 unspecified atom stereocenters. The highest BCUT2D eigenvalue weighted by Gasteiger charge is 2.35. The molecule has 150 valence electrons. The number of benzene rings is 1. The third-order valence-electron chi connectivity index (χ3n) is 4.24. The lowest BCUT2D eigenvalue weighted by Gasteiger charge is -2.18. The molecular formula is C17H24N2O7S. The molecule has 27 heavy (non-hydrogen) atoms. The number of hydroxylamine groups is 1. The van der Waals surface area contributed by atoms with Crippen molar-refractivity contribution in [2.45, 2.75) is 25.7 Å². The van der Waals surface area contributed by atoms with E-state index >= 15 is 0 Å². The Morgan fingerprint density at radius 2 is 2.04 bits per heavy atom. The van der Waals surface area contributed by atoms with Gasteiger partial charge in [-0.3, -0.25) is 4.79 Å². The predicted octanol–water partition coefficient (Wildman–Crippen LogP) is 1.89. The molecule has 0 radical (unpaired) electrons. The fourth-order valence-corrected chi connectivity index (χ4v) is 3.27. The number of nitrogens with zero attached hydrogens (tertiary/aromatic N) is 2. The van der Waals surface area contributed by atoms with Gasteiger partial charge in [-0.25, -0.2) is 9.86 Å². The maximum Gasteiger partial charge on any atom is 0.414 e. The van der Waals surface area contributed by atoms with E-state index in [0.29, 0.717) is 30.0 Å². The molecule has 0 fully saturated rings. The number of esters is 1. The Morgan fingerprint density at radius 1 is 1.33 bits per heavy atom. The van der Waals surface area contributed by atoms with Crippen LogP contribution in [0.25, 0.3) is 0 Å². The Hall–Kier alpha value is -2.33. The molecule has 0 N–H and O–H groups in total. The topological polar surface area (TPSA) is 102 Å². The van der Waals surface area contributed by atoms with Crippen molar-refractivity contribution in [1.82, 2.24) is 4.90 Å². The second kappa shape index (κ2) is 8.57. The molecule has 1 heterocycles. The number of fused-ring (bicyclic) bond motifs is 1. The number of amides is 1. The van der Waals surface area contributed by atoms with Crippen LogP contribution in [0.15, 0.2) is 18.2 Å². The number of carbonyl (C=O) groups excluding carboxylic acids is 2. The van der Waals surface area contributed by atoms with Crippen LogP contribution in [0.4, 0.5) is 10.5 Å². The van der Waals surface area contributed by atoms with Crippen LogP contribution in [-0.4, -0.2) is 58.9 Å². The highest BCUT2D eigenvalue weighted by atomic mass is 32.2. The fraction of sp³-hybridized carbons (Fsp3) is 0.529. The lowest BCUT2D eigenvalue weighted by molar-refractivity contribution is -0.140. The number of methoxy groups -OCH3 is 1. The van der Waals surface area contributed by atoms with Crippen molar-refractivity contribution in [3.63, 3.8) is 0 Å². The molecule has 1 aliphatic rings. The molecule has 0 saturated carbocycles. The second-order valence-corrected chi connectivity index (χ2v) is 7.78. The van der Waals surface area contributed by atoms with Crippen molar-refractivity contribution in [3.05, 3.63) is 23.8 Å². The van der Waals surface area contributed by atoms with Crippen molar-refractivity contribution < 1.29 is 31.8 Å². The molecule has 0 bridgehead atoms. The van der Waals surface area contributed by atoms with E-state index in [1.165, 1.54) is 17.1 Å². The monoisotopic (exact) mass is 400 g/mol. The minimum Gasteiger partial charge on any atom is -0.469 e. The minimum atomic E-state index is -3.74. The Bertz CT molecular complexity index is 809. The predicted molar refractivity (Wildman–Crippen MR) is 98.0 cm³/mol. The molecule has 0 spiro atoms. The highest BCUT2D eigenvalue weighted by Crippen LogP contribution is 2.44. The van der Waals surface area contributed by atoms with Gasteiger partial charge in [0.05, 0.1) is 25.6 Å². The summed E-state index contributed by atoms with van der Waals surface area (Å²) in [6.45, 7) is 2.50. The summed E-state index contributed by atoms with van der Waals surface area (Å²) in [5.74, 6) is -0.330. The van der Waals surface area contributed by atoms with Crippen LogP contribution < -0.4 is 9.80 Å². The van der Waals surface area contributed by atoms with Gasteiger partial charge in [0.1, 0.15) is 5.75 Å². The van der Waals surface area contributed by atoms with Gasteiger partial charge in [0, 0.05) is 31.5 Å². The SMILES string of the molecule is CCN(C)C(=O)Oc1cccc2c1C(CCC(=O)OC)CN2OS(C)(=O)=O. The normalized spacial score (nSPS) is 16.0. The zero-order valence-electron chi connectivity index (χ0n) is 15.8. The lowest BCUT2D eigenvalue weighted by atomic mass is 9.95. The molecule has 2 rings (SSSR count). The van der Waals surface area contributed by atoms with E-state index in [1.807, 2.05) is 6.92 Å². The minimum absolute atomic E-state index is 0.143. The standard InChI is InChI=1S/C17H24N2O7S/c1-5-18(2)17(21)25-14-8-6-7-13-16(14)12(9-10-15(20)24-3)11-19(13)26-27(4,22)23/h6-8,12H,5,9-11H2,1-4H3. The maximum absolute atomic E-state index is 12.2. The first-order chi connectivity index (χ1) is 12.7. The molecular weight excluding hydrogens is 376 g/mol. The second-order valence-electron chi connectivity index (χ2n) is 6.22. The van der Waals surface area contributed by atoms with Crippen LogP contribution in [0.3, 0.4) is 0 Å². The van der Waals surface area contributed by atoms with Crippen molar-refractivity contribution in [2.75, 3.05) is 38.6 Å². The summed E-state index contributed by atoms with van der Waals surface area (Å²) in [6.07, 6.45) is 0.959. The summed E-state index contributed by atoms with van der Waals surface area (Å²) >= 11 is 0. The number of anilines is 1. The molecule has 1 amide bonds. The van der Waals surface area contributed by atoms with Gasteiger partial charge in [0.25, 0.3) is 10.1 Å². The van der Waals surface area contributed by atoms with Gasteiger partial charge in [-0.2, -0.15) is 8.42 Å². The number of ether oxygens (including phenoxy) is 2. The van der Waals surface area contributed by atoms with Gasteiger partial charge in [-0.15, -0.1) is 4.28 Å². The van der Waals surface area contributed by atoms with Crippen LogP contribution in [-0.2, 0) is 23.9 Å². The van der Waals surface area contributed by atoms with E-state index in [4.69, 9.17) is 9.02 Å². The van der Waals surface area contributed by atoms with Crippen LogP contribution in [0.5, 0.6) is 5.75 Å². The third-order valence-corrected chi connectivity index (χ3v) is 4.69. The summed E-state index contributed by atoms with van der Waals surface area (Å²) < 4.78 is 38.4. The molecule has 1 aromatic rings. The van der Waals surface area contributed by atoms with E-state index < -0.39 is 16.2 Å². The number of hydrogen-bond acceptors (Lipinski definition) is 8. The number of rotatable bonds is 7. The average Bonchev–Trinajstić information content (AvgIpc) is 2.95. The van der Waals surface area contributed by atoms with Gasteiger partial charge in [-0.1, -0.05) is 6.07 Å². The first kappa shape index (κ1) is 21.0. The number of hydrogen-bond donors (Lipinski definition) is 0. The average molecular weight is 400 g/mol. The molecule has 1 atom stereocenters. The lowest BCUT2D eigenvalue weighted by Crippen LogP contribution is -2.29. The van der Waals surface area contributed by atoms with Gasteiger partial charge in [0.15, 0.2) is 0 Å². The first-order valence-corrected chi connectivity index (χ1v) is 10.3. The Kier molecular flexibility index (Phi) is 6.66. The zero-order valence-corrected chi connectivity index (χ0v) is 16.6. The third kappa shape index (κ3) is 5.33. The highest BCUT2D eigenvalue weighted by molar-refractivity contribution is 7.86. The van der Waals surface area contributed by atoms with Crippen molar-refractivity contribution in [1.29, 1.82) is 0 Å². The van der Waals surface area contributed by atoms with E-state index in [-0.39, 0.29) is 24.9 Å². The molecule has 0 aromatic heterocycles. The van der Waals surface area contributed by atoms with E-state index in [9.17, 15) is 18.0 Å². The van der Waals surface area contributed by atoms with Crippen LogP contribution in [0, 0.1) is 0 Å². The molecule has 1 aromatic carbocycles. The van der Waals surface area contributed by atoms with Gasteiger partial charge >= 0.3 is 12.1 Å². The van der Waals surface area contributed by atoms with Crippen molar-refractivity contribution in [3.8, 4) is 5.75 Å². The Labute approximate surface area is 158 Å². The van der Waals surface area contributed by atoms with E-state index in [1.54, 1.807) is 25.2 Å². The summed E-state index contributed by atoms with van der Waals surface area (Å²) in [5.41, 5.74) is 1.11. The zero-order chi connectivity index (χ0) is 20.2. The molecule has 0 aliphatic carbocycles. The van der Waals surface area contributed by atoms with Gasteiger partial charge < -0.3 is 14.4 Å². The Morgan fingerprint density at radius 3 is 2.63 bits per heavy atom. The quantitative estimate of drug-likeness (QED) is 0.639. The fourth-order valence-electron chi connectivity index (χ4n) is 2.80. The van der Waals surface area contributed by atoms with Crippen molar-refractivity contribution >= 4 is 27.9 Å². The van der Waals surface area contributed by atoms with Crippen molar-refractivity contribution in [2.24, 2.45) is 0 Å². The summed E-state index contributed by atoms with van der Waals surface area (Å²) in [4.78, 5) is 25.1. The van der Waals surface area contributed by atoms with E-state index in [0.717, 1.165) is 6.26 Å². The smallest absolute Gasteiger partial charge is 0.414 e. The molecule has 9 nitrogen and oxygen atoms in total. The van der Waals surface area contributed by atoms with E-state index in [2.05, 4.69) is 4.74 Å². The molecule has 1 aliphatic heterocycles. The van der Waals surface area contributed by atoms with Crippen LogP contribution in [0.1, 0.15) is 31.2 Å². The van der Waals surface area contributed by atoms with Crippen LogP contribution in [0.2, 0.25) is 0 Å². The number of carbonyl (C=O) groups is 2. The first-order valence-electron chi connectivity index (χ1n) is 8.46. The maximum atomic E-state index is 12.2.